The number of hydrogen-bond donors (Lipinski definition) is 0. The Hall–Kier alpha value is -1.79. The van der Waals surface area contributed by atoms with Gasteiger partial charge in [0.05, 0.1) is 12.7 Å². The van der Waals surface area contributed by atoms with Gasteiger partial charge in [-0.3, -0.25) is 4.79 Å². The fraction of sp³-hybridized carbons (Fsp3) is 0.611. The van der Waals surface area contributed by atoms with Crippen LogP contribution in [0.5, 0.6) is 11.5 Å². The third-order valence-corrected chi connectivity index (χ3v) is 5.33. The molecule has 1 aromatic rings. The van der Waals surface area contributed by atoms with Gasteiger partial charge in [-0.25, -0.2) is 0 Å². The molecule has 3 heterocycles. The molecular formula is C18H23NO5. The molecule has 0 aliphatic carbocycles. The standard InChI is InChI=1S/C18H23NO5/c1-21-11-18-6-2-8-22-16(18)5-7-19(10-18)17(20)13-3-4-14-15(9-13)24-12-23-14/h3-4,9,16H,2,5-8,10-12H2,1H3. The molecule has 2 unspecified atom stereocenters. The molecule has 2 saturated heterocycles. The van der Waals surface area contributed by atoms with Gasteiger partial charge >= 0.3 is 0 Å². The summed E-state index contributed by atoms with van der Waals surface area (Å²) in [5, 5.41) is 0. The van der Waals surface area contributed by atoms with E-state index >= 15 is 0 Å². The Morgan fingerprint density at radius 1 is 1.38 bits per heavy atom. The number of piperidine rings is 1. The molecule has 0 bridgehead atoms. The monoisotopic (exact) mass is 333 g/mol. The van der Waals surface area contributed by atoms with Crippen LogP contribution in [0.25, 0.3) is 0 Å². The molecule has 0 aromatic heterocycles. The summed E-state index contributed by atoms with van der Waals surface area (Å²) in [7, 11) is 1.72. The topological polar surface area (TPSA) is 57.2 Å². The fourth-order valence-corrected chi connectivity index (χ4v) is 4.17. The average Bonchev–Trinajstić information content (AvgIpc) is 3.08. The van der Waals surface area contributed by atoms with Crippen molar-refractivity contribution < 1.29 is 23.7 Å². The van der Waals surface area contributed by atoms with Gasteiger partial charge in [0, 0.05) is 37.8 Å². The Bertz CT molecular complexity index is 630. The van der Waals surface area contributed by atoms with Gasteiger partial charge in [0.1, 0.15) is 0 Å². The maximum Gasteiger partial charge on any atom is 0.254 e. The molecule has 2 atom stereocenters. The Morgan fingerprint density at radius 3 is 3.12 bits per heavy atom. The van der Waals surface area contributed by atoms with Crippen molar-refractivity contribution in [3.8, 4) is 11.5 Å². The van der Waals surface area contributed by atoms with Crippen molar-refractivity contribution in [2.75, 3.05) is 40.2 Å². The van der Waals surface area contributed by atoms with E-state index in [2.05, 4.69) is 0 Å². The summed E-state index contributed by atoms with van der Waals surface area (Å²) in [6.45, 7) is 3.05. The normalized spacial score (nSPS) is 28.5. The van der Waals surface area contributed by atoms with E-state index in [1.165, 1.54) is 0 Å². The van der Waals surface area contributed by atoms with E-state index < -0.39 is 0 Å². The number of amides is 1. The predicted molar refractivity (Wildman–Crippen MR) is 86.4 cm³/mol. The Morgan fingerprint density at radius 2 is 2.25 bits per heavy atom. The minimum Gasteiger partial charge on any atom is -0.454 e. The first-order valence-corrected chi connectivity index (χ1v) is 8.51. The molecule has 24 heavy (non-hydrogen) atoms. The van der Waals surface area contributed by atoms with Gasteiger partial charge in [-0.15, -0.1) is 0 Å². The molecule has 6 nitrogen and oxygen atoms in total. The van der Waals surface area contributed by atoms with Crippen LogP contribution in [0.4, 0.5) is 0 Å². The van der Waals surface area contributed by atoms with Crippen molar-refractivity contribution in [3.05, 3.63) is 23.8 Å². The molecule has 6 heteroatoms. The van der Waals surface area contributed by atoms with Crippen molar-refractivity contribution in [1.82, 2.24) is 4.90 Å². The maximum absolute atomic E-state index is 13.0. The second-order valence-electron chi connectivity index (χ2n) is 6.84. The second-order valence-corrected chi connectivity index (χ2v) is 6.84. The predicted octanol–water partition coefficient (Wildman–Crippen LogP) is 2.07. The van der Waals surface area contributed by atoms with E-state index in [1.807, 2.05) is 11.0 Å². The lowest BCUT2D eigenvalue weighted by atomic mass is 9.73. The number of methoxy groups -OCH3 is 1. The van der Waals surface area contributed by atoms with Crippen LogP contribution >= 0.6 is 0 Å². The first-order chi connectivity index (χ1) is 11.7. The van der Waals surface area contributed by atoms with Crippen molar-refractivity contribution >= 4 is 5.91 Å². The lowest BCUT2D eigenvalue weighted by molar-refractivity contribution is -0.142. The number of rotatable bonds is 3. The van der Waals surface area contributed by atoms with E-state index in [-0.39, 0.29) is 24.2 Å². The zero-order chi connectivity index (χ0) is 16.6. The van der Waals surface area contributed by atoms with Gasteiger partial charge in [0.25, 0.3) is 5.91 Å². The van der Waals surface area contributed by atoms with Crippen molar-refractivity contribution in [3.63, 3.8) is 0 Å². The highest BCUT2D eigenvalue weighted by Gasteiger charge is 2.47. The molecular weight excluding hydrogens is 310 g/mol. The SMILES string of the molecule is COCC12CCCOC1CCN(C(=O)c1ccc3c(c1)OCO3)C2. The quantitative estimate of drug-likeness (QED) is 0.848. The number of carbonyl (C=O) groups excluding carboxylic acids is 1. The summed E-state index contributed by atoms with van der Waals surface area (Å²) in [6.07, 6.45) is 3.11. The second kappa shape index (κ2) is 6.26. The molecule has 0 radical (unpaired) electrons. The van der Waals surface area contributed by atoms with Gasteiger partial charge < -0.3 is 23.8 Å². The molecule has 2 fully saturated rings. The third kappa shape index (κ3) is 2.63. The van der Waals surface area contributed by atoms with Crippen LogP contribution in [0.15, 0.2) is 18.2 Å². The zero-order valence-corrected chi connectivity index (χ0v) is 14.0. The summed E-state index contributed by atoms with van der Waals surface area (Å²) in [5.41, 5.74) is 0.555. The van der Waals surface area contributed by atoms with E-state index in [0.29, 0.717) is 36.8 Å². The highest BCUT2D eigenvalue weighted by Crippen LogP contribution is 2.41. The van der Waals surface area contributed by atoms with Gasteiger partial charge in [-0.1, -0.05) is 0 Å². The molecule has 130 valence electrons. The number of fused-ring (bicyclic) bond motifs is 2. The Balaban J connectivity index is 1.54. The highest BCUT2D eigenvalue weighted by atomic mass is 16.7. The van der Waals surface area contributed by atoms with Gasteiger partial charge in [0.15, 0.2) is 11.5 Å². The van der Waals surface area contributed by atoms with Crippen molar-refractivity contribution in [1.29, 1.82) is 0 Å². The van der Waals surface area contributed by atoms with E-state index in [9.17, 15) is 4.79 Å². The van der Waals surface area contributed by atoms with E-state index in [0.717, 1.165) is 25.9 Å². The van der Waals surface area contributed by atoms with Crippen molar-refractivity contribution in [2.24, 2.45) is 5.41 Å². The summed E-state index contributed by atoms with van der Waals surface area (Å²) in [6, 6.07) is 5.39. The van der Waals surface area contributed by atoms with Gasteiger partial charge in [0.2, 0.25) is 6.79 Å². The number of carbonyl (C=O) groups is 1. The van der Waals surface area contributed by atoms with Crippen molar-refractivity contribution in [2.45, 2.75) is 25.4 Å². The summed E-state index contributed by atoms with van der Waals surface area (Å²) in [4.78, 5) is 14.9. The number of nitrogens with zero attached hydrogens (tertiary/aromatic N) is 1. The van der Waals surface area contributed by atoms with Crippen LogP contribution in [-0.4, -0.2) is 57.1 Å². The van der Waals surface area contributed by atoms with Crippen LogP contribution in [0.2, 0.25) is 0 Å². The van der Waals surface area contributed by atoms with Crippen LogP contribution < -0.4 is 9.47 Å². The first kappa shape index (κ1) is 15.7. The molecule has 0 N–H and O–H groups in total. The summed E-state index contributed by atoms with van der Waals surface area (Å²) in [5.74, 6) is 1.37. The minimum absolute atomic E-state index is 0.0350. The van der Waals surface area contributed by atoms with Gasteiger partial charge in [-0.2, -0.15) is 0 Å². The zero-order valence-electron chi connectivity index (χ0n) is 14.0. The highest BCUT2D eigenvalue weighted by molar-refractivity contribution is 5.95. The molecule has 0 saturated carbocycles. The summed E-state index contributed by atoms with van der Waals surface area (Å²) < 4.78 is 22.2. The lowest BCUT2D eigenvalue weighted by Gasteiger charge is -2.50. The average molecular weight is 333 g/mol. The number of benzene rings is 1. The number of ether oxygens (including phenoxy) is 4. The minimum atomic E-state index is -0.0861. The molecule has 4 rings (SSSR count). The lowest BCUT2D eigenvalue weighted by Crippen LogP contribution is -2.58. The maximum atomic E-state index is 13.0. The van der Waals surface area contributed by atoms with Crippen LogP contribution in [0, 0.1) is 5.41 Å². The Labute approximate surface area is 141 Å². The molecule has 1 amide bonds. The third-order valence-electron chi connectivity index (χ3n) is 5.33. The molecule has 0 spiro atoms. The van der Waals surface area contributed by atoms with E-state index in [1.54, 1.807) is 19.2 Å². The summed E-state index contributed by atoms with van der Waals surface area (Å²) >= 11 is 0. The van der Waals surface area contributed by atoms with Crippen LogP contribution in [-0.2, 0) is 9.47 Å². The largest absolute Gasteiger partial charge is 0.454 e. The van der Waals surface area contributed by atoms with Crippen LogP contribution in [0.1, 0.15) is 29.6 Å². The smallest absolute Gasteiger partial charge is 0.254 e. The Kier molecular flexibility index (Phi) is 4.10. The molecule has 3 aliphatic heterocycles. The number of likely N-dealkylation sites (tertiary alicyclic amines) is 1. The van der Waals surface area contributed by atoms with E-state index in [4.69, 9.17) is 18.9 Å². The number of hydrogen-bond acceptors (Lipinski definition) is 5. The molecule has 3 aliphatic rings. The van der Waals surface area contributed by atoms with Gasteiger partial charge in [-0.05, 0) is 37.5 Å². The van der Waals surface area contributed by atoms with Crippen LogP contribution in [0.3, 0.4) is 0 Å². The molecule has 1 aromatic carbocycles. The first-order valence-electron chi connectivity index (χ1n) is 8.51. The fourth-order valence-electron chi connectivity index (χ4n) is 4.17.